The maximum atomic E-state index is 12.5. The van der Waals surface area contributed by atoms with Gasteiger partial charge in [-0.05, 0) is 29.8 Å². The van der Waals surface area contributed by atoms with E-state index in [0.29, 0.717) is 30.2 Å². The second-order valence-corrected chi connectivity index (χ2v) is 4.84. The van der Waals surface area contributed by atoms with Crippen molar-refractivity contribution in [1.29, 1.82) is 0 Å². The highest BCUT2D eigenvalue weighted by molar-refractivity contribution is 5.95. The Morgan fingerprint density at radius 1 is 1.15 bits per heavy atom. The molecule has 0 unspecified atom stereocenters. The molecule has 0 aliphatic carbocycles. The van der Waals surface area contributed by atoms with Gasteiger partial charge in [-0.2, -0.15) is 0 Å². The van der Waals surface area contributed by atoms with Crippen molar-refractivity contribution in [3.63, 3.8) is 0 Å². The van der Waals surface area contributed by atoms with E-state index in [9.17, 15) is 4.79 Å². The minimum atomic E-state index is -0.0127. The van der Waals surface area contributed by atoms with Gasteiger partial charge in [0.2, 0.25) is 6.79 Å². The van der Waals surface area contributed by atoms with Gasteiger partial charge >= 0.3 is 0 Å². The normalized spacial score (nSPS) is 15.3. The summed E-state index contributed by atoms with van der Waals surface area (Å²) >= 11 is 0. The van der Waals surface area contributed by atoms with Gasteiger partial charge in [0.05, 0.1) is 12.2 Å². The van der Waals surface area contributed by atoms with E-state index in [1.807, 2.05) is 12.1 Å². The molecule has 5 heteroatoms. The molecule has 0 fully saturated rings. The topological polar surface area (TPSA) is 51.7 Å². The Morgan fingerprint density at radius 2 is 2.05 bits per heavy atom. The number of aromatic nitrogens is 1. The number of amides is 1. The van der Waals surface area contributed by atoms with Crippen molar-refractivity contribution in [2.75, 3.05) is 6.79 Å². The molecule has 0 N–H and O–H groups in total. The van der Waals surface area contributed by atoms with Crippen molar-refractivity contribution in [3.05, 3.63) is 53.3 Å². The van der Waals surface area contributed by atoms with Gasteiger partial charge in [0.1, 0.15) is 0 Å². The third-order valence-electron chi connectivity index (χ3n) is 3.59. The number of benzene rings is 1. The average molecular weight is 268 g/mol. The van der Waals surface area contributed by atoms with Crippen LogP contribution < -0.4 is 9.47 Å². The van der Waals surface area contributed by atoms with E-state index in [1.54, 1.807) is 29.3 Å². The number of carbonyl (C=O) groups excluding carboxylic acids is 1. The first-order valence-corrected chi connectivity index (χ1v) is 6.43. The summed E-state index contributed by atoms with van der Waals surface area (Å²) in [5, 5.41) is 0. The first kappa shape index (κ1) is 11.3. The molecule has 1 amide bonds. The largest absolute Gasteiger partial charge is 0.454 e. The standard InChI is InChI=1S/C15H12N2O3/c18-15(10-3-4-13-14(6-10)20-9-19-13)17-7-11-2-1-5-16-12(11)8-17/h1-6H,7-9H2. The van der Waals surface area contributed by atoms with Gasteiger partial charge in [-0.25, -0.2) is 0 Å². The van der Waals surface area contributed by atoms with Crippen LogP contribution in [0, 0.1) is 0 Å². The first-order chi connectivity index (χ1) is 9.81. The Balaban J connectivity index is 1.60. The van der Waals surface area contributed by atoms with Gasteiger partial charge in [-0.15, -0.1) is 0 Å². The molecule has 2 aliphatic rings. The number of pyridine rings is 1. The van der Waals surface area contributed by atoms with Gasteiger partial charge < -0.3 is 14.4 Å². The number of rotatable bonds is 1. The molecular formula is C15H12N2O3. The van der Waals surface area contributed by atoms with E-state index in [0.717, 1.165) is 11.3 Å². The molecule has 0 saturated carbocycles. The molecule has 2 aromatic rings. The highest BCUT2D eigenvalue weighted by Gasteiger charge is 2.26. The molecule has 3 heterocycles. The summed E-state index contributed by atoms with van der Waals surface area (Å²) in [6, 6.07) is 9.19. The molecule has 5 nitrogen and oxygen atoms in total. The molecule has 0 spiro atoms. The van der Waals surface area contributed by atoms with Gasteiger partial charge in [0.25, 0.3) is 5.91 Å². The van der Waals surface area contributed by atoms with Gasteiger partial charge in [0.15, 0.2) is 11.5 Å². The summed E-state index contributed by atoms with van der Waals surface area (Å²) in [4.78, 5) is 18.6. The fourth-order valence-corrected chi connectivity index (χ4v) is 2.56. The summed E-state index contributed by atoms with van der Waals surface area (Å²) in [5.74, 6) is 1.31. The fraction of sp³-hybridized carbons (Fsp3) is 0.200. The highest BCUT2D eigenvalue weighted by atomic mass is 16.7. The lowest BCUT2D eigenvalue weighted by molar-refractivity contribution is 0.0750. The molecular weight excluding hydrogens is 256 g/mol. The zero-order valence-electron chi connectivity index (χ0n) is 10.7. The molecule has 4 rings (SSSR count). The Kier molecular flexibility index (Phi) is 2.39. The molecule has 0 bridgehead atoms. The number of nitrogens with zero attached hydrogens (tertiary/aromatic N) is 2. The summed E-state index contributed by atoms with van der Waals surface area (Å²) in [6.45, 7) is 1.38. The molecule has 1 aromatic carbocycles. The summed E-state index contributed by atoms with van der Waals surface area (Å²) < 4.78 is 10.6. The second kappa shape index (κ2) is 4.23. The van der Waals surface area contributed by atoms with E-state index < -0.39 is 0 Å². The zero-order valence-corrected chi connectivity index (χ0v) is 10.7. The van der Waals surface area contributed by atoms with Crippen LogP contribution in [0.25, 0.3) is 0 Å². The molecule has 0 saturated heterocycles. The lowest BCUT2D eigenvalue weighted by atomic mass is 10.2. The Morgan fingerprint density at radius 3 is 2.95 bits per heavy atom. The molecule has 100 valence electrons. The lowest BCUT2D eigenvalue weighted by Crippen LogP contribution is -2.25. The van der Waals surface area contributed by atoms with Gasteiger partial charge in [-0.1, -0.05) is 6.07 Å². The molecule has 0 atom stereocenters. The summed E-state index contributed by atoms with van der Waals surface area (Å²) in [6.07, 6.45) is 1.76. The van der Waals surface area contributed by atoms with Crippen molar-refractivity contribution in [1.82, 2.24) is 9.88 Å². The van der Waals surface area contributed by atoms with Gasteiger partial charge in [0, 0.05) is 18.3 Å². The maximum absolute atomic E-state index is 12.5. The number of carbonyl (C=O) groups is 1. The Hall–Kier alpha value is -2.56. The van der Waals surface area contributed by atoms with Crippen LogP contribution in [0.3, 0.4) is 0 Å². The van der Waals surface area contributed by atoms with Crippen molar-refractivity contribution in [3.8, 4) is 11.5 Å². The molecule has 20 heavy (non-hydrogen) atoms. The zero-order chi connectivity index (χ0) is 13.5. The van der Waals surface area contributed by atoms with Crippen LogP contribution in [-0.4, -0.2) is 22.6 Å². The fourth-order valence-electron chi connectivity index (χ4n) is 2.56. The summed E-state index contributed by atoms with van der Waals surface area (Å²) in [7, 11) is 0. The van der Waals surface area contributed by atoms with Crippen LogP contribution in [0.15, 0.2) is 36.5 Å². The van der Waals surface area contributed by atoms with Crippen LogP contribution in [0.2, 0.25) is 0 Å². The Labute approximate surface area is 115 Å². The van der Waals surface area contributed by atoms with Crippen molar-refractivity contribution >= 4 is 5.91 Å². The van der Waals surface area contributed by atoms with Crippen LogP contribution >= 0.6 is 0 Å². The number of fused-ring (bicyclic) bond motifs is 2. The van der Waals surface area contributed by atoms with Crippen LogP contribution in [0.1, 0.15) is 21.6 Å². The van der Waals surface area contributed by atoms with Gasteiger partial charge in [-0.3, -0.25) is 9.78 Å². The maximum Gasteiger partial charge on any atom is 0.254 e. The number of ether oxygens (including phenoxy) is 2. The number of hydrogen-bond donors (Lipinski definition) is 0. The van der Waals surface area contributed by atoms with Crippen LogP contribution in [0.4, 0.5) is 0 Å². The lowest BCUT2D eigenvalue weighted by Gasteiger charge is -2.15. The predicted molar refractivity (Wildman–Crippen MR) is 70.4 cm³/mol. The van der Waals surface area contributed by atoms with E-state index in [4.69, 9.17) is 9.47 Å². The van der Waals surface area contributed by atoms with E-state index in [-0.39, 0.29) is 12.7 Å². The molecule has 0 radical (unpaired) electrons. The quantitative estimate of drug-likeness (QED) is 0.793. The molecule has 1 aromatic heterocycles. The number of hydrogen-bond acceptors (Lipinski definition) is 4. The third kappa shape index (κ3) is 1.71. The summed E-state index contributed by atoms with van der Waals surface area (Å²) in [5.41, 5.74) is 2.70. The predicted octanol–water partition coefficient (Wildman–Crippen LogP) is 1.97. The minimum absolute atomic E-state index is 0.0127. The van der Waals surface area contributed by atoms with Crippen molar-refractivity contribution in [2.45, 2.75) is 13.1 Å². The first-order valence-electron chi connectivity index (χ1n) is 6.43. The van der Waals surface area contributed by atoms with E-state index >= 15 is 0 Å². The van der Waals surface area contributed by atoms with Crippen LogP contribution in [0.5, 0.6) is 11.5 Å². The minimum Gasteiger partial charge on any atom is -0.454 e. The molecule has 2 aliphatic heterocycles. The Bertz CT molecular complexity index is 674. The average Bonchev–Trinajstić information content (AvgIpc) is 3.11. The van der Waals surface area contributed by atoms with Crippen molar-refractivity contribution in [2.24, 2.45) is 0 Å². The highest BCUT2D eigenvalue weighted by Crippen LogP contribution is 2.33. The van der Waals surface area contributed by atoms with Crippen LogP contribution in [-0.2, 0) is 13.1 Å². The van der Waals surface area contributed by atoms with E-state index in [1.165, 1.54) is 0 Å². The van der Waals surface area contributed by atoms with Crippen molar-refractivity contribution < 1.29 is 14.3 Å². The monoisotopic (exact) mass is 268 g/mol. The second-order valence-electron chi connectivity index (χ2n) is 4.84. The smallest absolute Gasteiger partial charge is 0.254 e. The van der Waals surface area contributed by atoms with E-state index in [2.05, 4.69) is 4.98 Å². The SMILES string of the molecule is O=C(c1ccc2c(c1)OCO2)N1Cc2cccnc2C1. The third-order valence-corrected chi connectivity index (χ3v) is 3.59.